The largest absolute Gasteiger partial charge is 0.270 e. The van der Waals surface area contributed by atoms with Gasteiger partial charge in [-0.25, -0.2) is 4.68 Å². The van der Waals surface area contributed by atoms with Crippen LogP contribution < -0.4 is 5.56 Å². The van der Waals surface area contributed by atoms with Crippen molar-refractivity contribution in [1.29, 1.82) is 0 Å². The van der Waals surface area contributed by atoms with Gasteiger partial charge < -0.3 is 0 Å². The first-order valence-electron chi connectivity index (χ1n) is 3.92. The van der Waals surface area contributed by atoms with Crippen LogP contribution >= 0.6 is 0 Å². The van der Waals surface area contributed by atoms with E-state index in [-0.39, 0.29) is 5.56 Å². The van der Waals surface area contributed by atoms with Crippen molar-refractivity contribution in [3.63, 3.8) is 0 Å². The third-order valence-corrected chi connectivity index (χ3v) is 1.29. The van der Waals surface area contributed by atoms with Crippen molar-refractivity contribution in [3.8, 4) is 0 Å². The first-order valence-corrected chi connectivity index (χ1v) is 3.92. The number of rotatable bonds is 2. The molecule has 0 spiro atoms. The topological polar surface area (TPSA) is 34.4 Å². The lowest BCUT2D eigenvalue weighted by Crippen LogP contribution is -2.13. The molecule has 1 aromatic heterocycles. The summed E-state index contributed by atoms with van der Waals surface area (Å²) in [6.45, 7) is 4.02. The lowest BCUT2D eigenvalue weighted by molar-refractivity contribution is 0.803. The minimum absolute atomic E-state index is 0.102. The number of pyridine rings is 1. The van der Waals surface area contributed by atoms with E-state index in [0.717, 1.165) is 0 Å². The highest BCUT2D eigenvalue weighted by molar-refractivity contribution is 5.59. The Balaban J connectivity index is 2.90. The third kappa shape index (κ3) is 2.34. The summed E-state index contributed by atoms with van der Waals surface area (Å²) >= 11 is 0. The minimum atomic E-state index is -0.102. The lowest BCUT2D eigenvalue weighted by Gasteiger charge is -1.96. The molecule has 0 aliphatic rings. The summed E-state index contributed by atoms with van der Waals surface area (Å²) in [7, 11) is 0. The van der Waals surface area contributed by atoms with Gasteiger partial charge in [0, 0.05) is 18.5 Å². The molecule has 1 heterocycles. The van der Waals surface area contributed by atoms with E-state index in [1.165, 1.54) is 10.7 Å². The van der Waals surface area contributed by atoms with Crippen LogP contribution in [-0.2, 0) is 0 Å². The maximum absolute atomic E-state index is 11.1. The maximum Gasteiger partial charge on any atom is 0.270 e. The molecule has 0 saturated heterocycles. The molecule has 0 unspecified atom stereocenters. The average molecular weight is 164 g/mol. The molecule has 1 aromatic rings. The molecule has 3 nitrogen and oxygen atoms in total. The highest BCUT2D eigenvalue weighted by atomic mass is 16.1. The molecular formula is C9H12N2O. The van der Waals surface area contributed by atoms with Gasteiger partial charge in [0.25, 0.3) is 5.56 Å². The summed E-state index contributed by atoms with van der Waals surface area (Å²) in [5, 5.41) is 3.98. The second-order valence-corrected chi connectivity index (χ2v) is 2.89. The Kier molecular flexibility index (Phi) is 2.80. The summed E-state index contributed by atoms with van der Waals surface area (Å²) in [6, 6.07) is 4.96. The van der Waals surface area contributed by atoms with Crippen molar-refractivity contribution in [1.82, 2.24) is 4.68 Å². The molecular weight excluding hydrogens is 152 g/mol. The van der Waals surface area contributed by atoms with Gasteiger partial charge in [0.2, 0.25) is 0 Å². The fourth-order valence-corrected chi connectivity index (χ4v) is 0.719. The summed E-state index contributed by atoms with van der Waals surface area (Å²) < 4.78 is 1.32. The number of hydrogen-bond acceptors (Lipinski definition) is 2. The zero-order valence-electron chi connectivity index (χ0n) is 7.27. The van der Waals surface area contributed by atoms with Crippen molar-refractivity contribution in [3.05, 3.63) is 34.7 Å². The standard InChI is InChI=1S/C9H12N2O/c1-8(2)7-10-11-6-4-3-5-9(11)12/h3-8H,1-2H3/b10-7+. The normalized spacial score (nSPS) is 11.2. The Bertz CT molecular complexity index is 325. The van der Waals surface area contributed by atoms with Crippen LogP contribution in [0.3, 0.4) is 0 Å². The SMILES string of the molecule is CC(C)/C=N/n1ccccc1=O. The van der Waals surface area contributed by atoms with E-state index in [1.807, 2.05) is 13.8 Å². The predicted octanol–water partition coefficient (Wildman–Crippen LogP) is 1.34. The fraction of sp³-hybridized carbons (Fsp3) is 0.333. The van der Waals surface area contributed by atoms with Crippen LogP contribution in [0.1, 0.15) is 13.8 Å². The van der Waals surface area contributed by atoms with Crippen molar-refractivity contribution in [2.45, 2.75) is 13.8 Å². The highest BCUT2D eigenvalue weighted by Crippen LogP contribution is 1.86. The Labute approximate surface area is 71.3 Å². The van der Waals surface area contributed by atoms with Crippen LogP contribution in [-0.4, -0.2) is 10.9 Å². The third-order valence-electron chi connectivity index (χ3n) is 1.29. The van der Waals surface area contributed by atoms with Gasteiger partial charge in [0.1, 0.15) is 0 Å². The van der Waals surface area contributed by atoms with Gasteiger partial charge in [-0.3, -0.25) is 4.79 Å². The fourth-order valence-electron chi connectivity index (χ4n) is 0.719. The predicted molar refractivity (Wildman–Crippen MR) is 49.4 cm³/mol. The molecule has 3 heteroatoms. The molecule has 12 heavy (non-hydrogen) atoms. The van der Waals surface area contributed by atoms with Crippen molar-refractivity contribution >= 4 is 6.21 Å². The second kappa shape index (κ2) is 3.85. The molecule has 0 radical (unpaired) electrons. The smallest absolute Gasteiger partial charge is 0.267 e. The van der Waals surface area contributed by atoms with Crippen molar-refractivity contribution < 1.29 is 0 Å². The van der Waals surface area contributed by atoms with Gasteiger partial charge in [-0.2, -0.15) is 5.10 Å². The van der Waals surface area contributed by atoms with E-state index >= 15 is 0 Å². The number of aromatic nitrogens is 1. The van der Waals surface area contributed by atoms with Crippen LogP contribution in [0, 0.1) is 5.92 Å². The molecule has 0 bridgehead atoms. The van der Waals surface area contributed by atoms with Gasteiger partial charge in [0.15, 0.2) is 0 Å². The first kappa shape index (κ1) is 8.71. The second-order valence-electron chi connectivity index (χ2n) is 2.89. The minimum Gasteiger partial charge on any atom is -0.267 e. The number of hydrogen-bond donors (Lipinski definition) is 0. The molecule has 0 fully saturated rings. The van der Waals surface area contributed by atoms with E-state index < -0.39 is 0 Å². The summed E-state index contributed by atoms with van der Waals surface area (Å²) in [6.07, 6.45) is 3.38. The number of nitrogens with zero attached hydrogens (tertiary/aromatic N) is 2. The van der Waals surface area contributed by atoms with E-state index in [9.17, 15) is 4.79 Å². The summed E-state index contributed by atoms with van der Waals surface area (Å²) in [5.41, 5.74) is -0.102. The van der Waals surface area contributed by atoms with Gasteiger partial charge in [-0.05, 0) is 12.0 Å². The quantitative estimate of drug-likeness (QED) is 0.607. The molecule has 0 atom stereocenters. The first-order chi connectivity index (χ1) is 5.70. The summed E-state index contributed by atoms with van der Waals surface area (Å²) in [4.78, 5) is 11.1. The lowest BCUT2D eigenvalue weighted by atomic mass is 10.3. The van der Waals surface area contributed by atoms with Crippen molar-refractivity contribution in [2.75, 3.05) is 0 Å². The molecule has 0 aromatic carbocycles. The van der Waals surface area contributed by atoms with Crippen LogP contribution in [0.2, 0.25) is 0 Å². The van der Waals surface area contributed by atoms with Crippen molar-refractivity contribution in [2.24, 2.45) is 11.0 Å². The van der Waals surface area contributed by atoms with E-state index in [1.54, 1.807) is 24.5 Å². The Morgan fingerprint density at radius 1 is 1.50 bits per heavy atom. The zero-order valence-corrected chi connectivity index (χ0v) is 7.27. The zero-order chi connectivity index (χ0) is 8.97. The average Bonchev–Trinajstić information content (AvgIpc) is 2.03. The van der Waals surface area contributed by atoms with E-state index in [0.29, 0.717) is 5.92 Å². The Morgan fingerprint density at radius 3 is 2.83 bits per heavy atom. The van der Waals surface area contributed by atoms with Crippen LogP contribution in [0.25, 0.3) is 0 Å². The molecule has 0 N–H and O–H groups in total. The Morgan fingerprint density at radius 2 is 2.25 bits per heavy atom. The van der Waals surface area contributed by atoms with E-state index in [4.69, 9.17) is 0 Å². The van der Waals surface area contributed by atoms with Crippen LogP contribution in [0.15, 0.2) is 34.3 Å². The van der Waals surface area contributed by atoms with Gasteiger partial charge in [0.05, 0.1) is 0 Å². The molecule has 1 rings (SSSR count). The molecule has 64 valence electrons. The molecule has 0 aliphatic heterocycles. The monoisotopic (exact) mass is 164 g/mol. The Hall–Kier alpha value is -1.38. The maximum atomic E-state index is 11.1. The molecule has 0 amide bonds. The molecule has 0 aliphatic carbocycles. The summed E-state index contributed by atoms with van der Waals surface area (Å²) in [5.74, 6) is 0.358. The van der Waals surface area contributed by atoms with Crippen LogP contribution in [0.4, 0.5) is 0 Å². The van der Waals surface area contributed by atoms with Crippen LogP contribution in [0.5, 0.6) is 0 Å². The molecule has 0 saturated carbocycles. The van der Waals surface area contributed by atoms with Gasteiger partial charge >= 0.3 is 0 Å². The highest BCUT2D eigenvalue weighted by Gasteiger charge is 1.88. The van der Waals surface area contributed by atoms with Gasteiger partial charge in [-0.15, -0.1) is 0 Å². The van der Waals surface area contributed by atoms with E-state index in [2.05, 4.69) is 5.10 Å². The van der Waals surface area contributed by atoms with Gasteiger partial charge in [-0.1, -0.05) is 19.9 Å².